The van der Waals surface area contributed by atoms with Gasteiger partial charge in [-0.2, -0.15) is 4.31 Å². The lowest BCUT2D eigenvalue weighted by molar-refractivity contribution is -0.161. The number of nitrogens with two attached hydrogens (primary N) is 1. The van der Waals surface area contributed by atoms with Gasteiger partial charge in [-0.15, -0.1) is 0 Å². The van der Waals surface area contributed by atoms with Gasteiger partial charge in [0.2, 0.25) is 10.0 Å². The predicted octanol–water partition coefficient (Wildman–Crippen LogP) is 2.89. The van der Waals surface area contributed by atoms with Gasteiger partial charge in [0.15, 0.2) is 6.29 Å². The van der Waals surface area contributed by atoms with Gasteiger partial charge in [-0.25, -0.2) is 13.2 Å². The number of nitrogens with zero attached hydrogens (tertiary/aromatic N) is 1. The zero-order chi connectivity index (χ0) is 28.4. The lowest BCUT2D eigenvalue weighted by atomic mass is 9.99. The number of hydrogen-bond donors (Lipinski definition) is 3. The van der Waals surface area contributed by atoms with Crippen LogP contribution in [-0.4, -0.2) is 68.7 Å². The van der Waals surface area contributed by atoms with Gasteiger partial charge in [0, 0.05) is 36.2 Å². The van der Waals surface area contributed by atoms with Crippen LogP contribution in [0, 0.1) is 17.8 Å². The summed E-state index contributed by atoms with van der Waals surface area (Å²) in [5.74, 6) is 0.685. The van der Waals surface area contributed by atoms with Crippen LogP contribution in [-0.2, 0) is 30.7 Å². The highest BCUT2D eigenvalue weighted by atomic mass is 32.2. The number of fused-ring (bicyclic) bond motifs is 1. The standard InChI is InChI=1S/C29H37N3O7S/c1-18(2)14-32(40(35,36)22-10-8-21(30)9-11-22)15-26(33)25(12-19-6-4-3-5-7-19)31-29(34)39-27-20-13-23-24(27)17-38-28(23)37-16-20/h3-11,18,20,23,25-26,28,33H,12-17,30H2,1-2H3,(H,31,34)/t20?,23?,25-,26+,28?/m0/s1. The van der Waals surface area contributed by atoms with Crippen molar-refractivity contribution in [3.05, 3.63) is 71.5 Å². The molecule has 5 rings (SSSR count). The highest BCUT2D eigenvalue weighted by Gasteiger charge is 2.49. The molecule has 0 radical (unpaired) electrons. The van der Waals surface area contributed by atoms with Gasteiger partial charge < -0.3 is 30.4 Å². The van der Waals surface area contributed by atoms with Crippen molar-refractivity contribution in [2.24, 2.45) is 17.8 Å². The molecule has 0 aromatic heterocycles. The summed E-state index contributed by atoms with van der Waals surface area (Å²) < 4.78 is 45.6. The van der Waals surface area contributed by atoms with Crippen LogP contribution in [0.25, 0.3) is 0 Å². The molecule has 2 aromatic carbocycles. The Hall–Kier alpha value is -2.96. The molecule has 2 aromatic rings. The van der Waals surface area contributed by atoms with E-state index < -0.39 is 28.3 Å². The van der Waals surface area contributed by atoms with Crippen LogP contribution in [0.5, 0.6) is 0 Å². The summed E-state index contributed by atoms with van der Waals surface area (Å²) in [6, 6.07) is 14.6. The number of carbonyl (C=O) groups is 1. The molecule has 40 heavy (non-hydrogen) atoms. The Kier molecular flexibility index (Phi) is 8.48. The monoisotopic (exact) mass is 571 g/mol. The first-order valence-corrected chi connectivity index (χ1v) is 15.1. The number of amides is 1. The molecular formula is C29H37N3O7S. The van der Waals surface area contributed by atoms with E-state index in [1.807, 2.05) is 44.2 Å². The normalized spacial score (nSPS) is 23.5. The summed E-state index contributed by atoms with van der Waals surface area (Å²) in [4.78, 5) is 13.3. The van der Waals surface area contributed by atoms with Crippen molar-refractivity contribution in [1.82, 2.24) is 9.62 Å². The van der Waals surface area contributed by atoms with Gasteiger partial charge in [-0.05, 0) is 48.6 Å². The van der Waals surface area contributed by atoms with Gasteiger partial charge in [0.05, 0.1) is 30.3 Å². The number of carbonyl (C=O) groups excluding carboxylic acids is 1. The van der Waals surface area contributed by atoms with E-state index >= 15 is 0 Å². The fourth-order valence-electron chi connectivity index (χ4n) is 5.65. The third kappa shape index (κ3) is 6.18. The summed E-state index contributed by atoms with van der Waals surface area (Å²) in [6.45, 7) is 4.58. The third-order valence-corrected chi connectivity index (χ3v) is 9.46. The van der Waals surface area contributed by atoms with Crippen LogP contribution in [0.4, 0.5) is 10.5 Å². The zero-order valence-electron chi connectivity index (χ0n) is 22.7. The van der Waals surface area contributed by atoms with Crippen molar-refractivity contribution in [1.29, 1.82) is 0 Å². The number of sulfonamides is 1. The van der Waals surface area contributed by atoms with E-state index in [1.54, 1.807) is 0 Å². The third-order valence-electron chi connectivity index (χ3n) is 7.61. The number of nitrogens with one attached hydrogen (secondary N) is 1. The van der Waals surface area contributed by atoms with Gasteiger partial charge in [0.1, 0.15) is 5.76 Å². The van der Waals surface area contributed by atoms with Crippen LogP contribution in [0.1, 0.15) is 25.8 Å². The number of anilines is 1. The van der Waals surface area contributed by atoms with Crippen LogP contribution in [0.3, 0.4) is 0 Å². The molecule has 0 spiro atoms. The van der Waals surface area contributed by atoms with Crippen LogP contribution in [0.2, 0.25) is 0 Å². The summed E-state index contributed by atoms with van der Waals surface area (Å²) in [6.07, 6.45) is -1.10. The smallest absolute Gasteiger partial charge is 0.412 e. The molecule has 216 valence electrons. The van der Waals surface area contributed by atoms with E-state index in [1.165, 1.54) is 28.6 Å². The molecule has 4 N–H and O–H groups in total. The van der Waals surface area contributed by atoms with Crippen LogP contribution < -0.4 is 11.1 Å². The molecule has 2 aliphatic heterocycles. The molecule has 1 amide bonds. The quantitative estimate of drug-likeness (QED) is 0.350. The number of aliphatic hydroxyl groups is 1. The Morgan fingerprint density at radius 2 is 1.85 bits per heavy atom. The van der Waals surface area contributed by atoms with Crippen molar-refractivity contribution in [3.63, 3.8) is 0 Å². The van der Waals surface area contributed by atoms with Gasteiger partial charge >= 0.3 is 6.09 Å². The minimum absolute atomic E-state index is 0.00363. The molecule has 2 saturated heterocycles. The highest BCUT2D eigenvalue weighted by Crippen LogP contribution is 2.48. The molecule has 1 aliphatic carbocycles. The van der Waals surface area contributed by atoms with Crippen molar-refractivity contribution in [2.45, 2.75) is 50.0 Å². The van der Waals surface area contributed by atoms with Crippen molar-refractivity contribution < 1.29 is 32.5 Å². The summed E-state index contributed by atoms with van der Waals surface area (Å²) in [5, 5.41) is 14.2. The molecule has 11 heteroatoms. The molecule has 2 fully saturated rings. The maximum Gasteiger partial charge on any atom is 0.412 e. The fourth-order valence-corrected chi connectivity index (χ4v) is 7.27. The zero-order valence-corrected chi connectivity index (χ0v) is 23.5. The maximum absolute atomic E-state index is 13.6. The summed E-state index contributed by atoms with van der Waals surface area (Å²) in [7, 11) is -3.94. The van der Waals surface area contributed by atoms with E-state index in [0.29, 0.717) is 24.7 Å². The number of rotatable bonds is 11. The first-order valence-electron chi connectivity index (χ1n) is 13.6. The second kappa shape index (κ2) is 11.9. The second-order valence-corrected chi connectivity index (χ2v) is 13.1. The molecule has 3 aliphatic rings. The van der Waals surface area contributed by atoms with Crippen LogP contribution in [0.15, 0.2) is 70.8 Å². The highest BCUT2D eigenvalue weighted by molar-refractivity contribution is 7.89. The van der Waals surface area contributed by atoms with Gasteiger partial charge in [-0.3, -0.25) is 0 Å². The Bertz CT molecular complexity index is 1330. The number of aliphatic hydroxyl groups excluding tert-OH is 1. The summed E-state index contributed by atoms with van der Waals surface area (Å²) >= 11 is 0. The van der Waals surface area contributed by atoms with E-state index in [4.69, 9.17) is 19.9 Å². The Morgan fingerprint density at radius 3 is 2.55 bits per heavy atom. The van der Waals surface area contributed by atoms with Gasteiger partial charge in [0.25, 0.3) is 0 Å². The van der Waals surface area contributed by atoms with Crippen molar-refractivity contribution in [2.75, 3.05) is 32.0 Å². The number of hydrogen-bond acceptors (Lipinski definition) is 8. The molecular weight excluding hydrogens is 534 g/mol. The summed E-state index contributed by atoms with van der Waals surface area (Å²) in [5.41, 5.74) is 8.04. The van der Waals surface area contributed by atoms with E-state index in [0.717, 1.165) is 17.6 Å². The minimum atomic E-state index is -3.94. The van der Waals surface area contributed by atoms with Crippen molar-refractivity contribution >= 4 is 21.8 Å². The Balaban J connectivity index is 1.35. The molecule has 2 bridgehead atoms. The molecule has 3 unspecified atom stereocenters. The second-order valence-electron chi connectivity index (χ2n) is 11.1. The molecule has 0 saturated carbocycles. The predicted molar refractivity (Wildman–Crippen MR) is 148 cm³/mol. The van der Waals surface area contributed by atoms with Crippen molar-refractivity contribution in [3.8, 4) is 0 Å². The van der Waals surface area contributed by atoms with Gasteiger partial charge in [-0.1, -0.05) is 44.2 Å². The average molecular weight is 572 g/mol. The average Bonchev–Trinajstić information content (AvgIpc) is 3.45. The number of ether oxygens (including phenoxy) is 3. The Morgan fingerprint density at radius 1 is 1.12 bits per heavy atom. The van der Waals surface area contributed by atoms with E-state index in [-0.39, 0.29) is 48.4 Å². The fraction of sp³-hybridized carbons (Fsp3) is 0.483. The first-order chi connectivity index (χ1) is 19.1. The largest absolute Gasteiger partial charge is 0.414 e. The Labute approximate surface area is 235 Å². The molecule has 5 atom stereocenters. The molecule has 2 heterocycles. The number of nitrogen functional groups attached to an aromatic ring is 1. The maximum atomic E-state index is 13.6. The van der Waals surface area contributed by atoms with Crippen LogP contribution >= 0.6 is 0 Å². The van der Waals surface area contributed by atoms with E-state index in [2.05, 4.69) is 5.32 Å². The lowest BCUT2D eigenvalue weighted by Crippen LogP contribution is -2.51. The number of benzene rings is 2. The SMILES string of the molecule is CC(C)CN(C[C@@H](O)[C@H](Cc1ccccc1)NC(=O)OC1=C2COC3OCC1CC23)S(=O)(=O)c1ccc(N)cc1. The lowest BCUT2D eigenvalue weighted by Gasteiger charge is -2.31. The number of alkyl carbamates (subject to hydrolysis) is 1. The molecule has 10 nitrogen and oxygen atoms in total. The minimum Gasteiger partial charge on any atom is -0.414 e. The topological polar surface area (TPSA) is 140 Å². The van der Waals surface area contributed by atoms with E-state index in [9.17, 15) is 18.3 Å². The first kappa shape index (κ1) is 28.6.